The van der Waals surface area contributed by atoms with Crippen molar-refractivity contribution in [3.8, 4) is 11.5 Å². The average molecular weight is 340 g/mol. The van der Waals surface area contributed by atoms with Crippen molar-refractivity contribution in [3.05, 3.63) is 54.1 Å². The van der Waals surface area contributed by atoms with Gasteiger partial charge in [-0.3, -0.25) is 9.59 Å². The summed E-state index contributed by atoms with van der Waals surface area (Å²) in [4.78, 5) is 26.3. The maximum absolute atomic E-state index is 12.4. The third kappa shape index (κ3) is 3.74. The summed E-state index contributed by atoms with van der Waals surface area (Å²) in [5, 5.41) is 2.92. The number of amides is 2. The minimum Gasteiger partial charge on any atom is -0.497 e. The smallest absolute Gasteiger partial charge is 0.251 e. The van der Waals surface area contributed by atoms with E-state index in [1.165, 1.54) is 0 Å². The van der Waals surface area contributed by atoms with Crippen molar-refractivity contribution in [2.45, 2.75) is 12.5 Å². The molecule has 1 aliphatic heterocycles. The van der Waals surface area contributed by atoms with Crippen molar-refractivity contribution < 1.29 is 19.1 Å². The second kappa shape index (κ2) is 7.25. The third-order valence-electron chi connectivity index (χ3n) is 4.18. The van der Waals surface area contributed by atoms with E-state index >= 15 is 0 Å². The van der Waals surface area contributed by atoms with Crippen molar-refractivity contribution in [3.63, 3.8) is 0 Å². The summed E-state index contributed by atoms with van der Waals surface area (Å²) in [6.07, 6.45) is 0.280. The van der Waals surface area contributed by atoms with Gasteiger partial charge < -0.3 is 19.7 Å². The van der Waals surface area contributed by atoms with Crippen LogP contribution in [0.1, 0.15) is 16.8 Å². The number of methoxy groups -OCH3 is 2. The van der Waals surface area contributed by atoms with Crippen LogP contribution in [0.5, 0.6) is 11.5 Å². The van der Waals surface area contributed by atoms with Crippen molar-refractivity contribution in [1.29, 1.82) is 0 Å². The monoisotopic (exact) mass is 340 g/mol. The summed E-state index contributed by atoms with van der Waals surface area (Å²) >= 11 is 0. The Hall–Kier alpha value is -3.02. The van der Waals surface area contributed by atoms with E-state index in [2.05, 4.69) is 5.32 Å². The number of rotatable bonds is 5. The predicted molar refractivity (Wildman–Crippen MR) is 94.2 cm³/mol. The molecule has 1 atom stereocenters. The molecule has 130 valence electrons. The minimum atomic E-state index is -0.228. The molecule has 2 amide bonds. The molecule has 2 aromatic carbocycles. The quantitative estimate of drug-likeness (QED) is 0.906. The Labute approximate surface area is 146 Å². The maximum atomic E-state index is 12.4. The van der Waals surface area contributed by atoms with E-state index < -0.39 is 0 Å². The molecule has 3 rings (SSSR count). The number of benzene rings is 2. The topological polar surface area (TPSA) is 67.9 Å². The van der Waals surface area contributed by atoms with Crippen molar-refractivity contribution in [2.75, 3.05) is 25.7 Å². The molecule has 1 N–H and O–H groups in total. The Kier molecular flexibility index (Phi) is 4.88. The molecule has 1 saturated heterocycles. The molecule has 2 aromatic rings. The highest BCUT2D eigenvalue weighted by molar-refractivity contribution is 5.99. The lowest BCUT2D eigenvalue weighted by atomic mass is 10.1. The molecule has 6 nitrogen and oxygen atoms in total. The first-order valence-corrected chi connectivity index (χ1v) is 8.00. The van der Waals surface area contributed by atoms with Crippen LogP contribution >= 0.6 is 0 Å². The highest BCUT2D eigenvalue weighted by Gasteiger charge is 2.31. The lowest BCUT2D eigenvalue weighted by molar-refractivity contribution is -0.117. The van der Waals surface area contributed by atoms with Crippen LogP contribution in [0.25, 0.3) is 0 Å². The zero-order valence-corrected chi connectivity index (χ0v) is 14.2. The molecule has 0 aliphatic carbocycles. The van der Waals surface area contributed by atoms with Gasteiger partial charge in [-0.15, -0.1) is 0 Å². The number of hydrogen-bond acceptors (Lipinski definition) is 4. The van der Waals surface area contributed by atoms with Gasteiger partial charge in [-0.1, -0.05) is 6.07 Å². The zero-order valence-electron chi connectivity index (χ0n) is 14.2. The van der Waals surface area contributed by atoms with E-state index in [4.69, 9.17) is 9.47 Å². The molecule has 0 unspecified atom stereocenters. The van der Waals surface area contributed by atoms with Gasteiger partial charge in [0.15, 0.2) is 0 Å². The molecule has 1 heterocycles. The SMILES string of the molecule is COc1ccc(N2C[C@H](NC(=O)c3cccc(OC)c3)CC2=O)cc1. The van der Waals surface area contributed by atoms with Crippen LogP contribution in [0.4, 0.5) is 5.69 Å². The van der Waals surface area contributed by atoms with Crippen LogP contribution in [-0.2, 0) is 4.79 Å². The second-order valence-corrected chi connectivity index (χ2v) is 5.81. The lowest BCUT2D eigenvalue weighted by Crippen LogP contribution is -2.37. The molecular formula is C19H20N2O4. The van der Waals surface area contributed by atoms with Gasteiger partial charge in [-0.25, -0.2) is 0 Å². The Balaban J connectivity index is 1.66. The lowest BCUT2D eigenvalue weighted by Gasteiger charge is -2.17. The highest BCUT2D eigenvalue weighted by Crippen LogP contribution is 2.24. The standard InChI is InChI=1S/C19H20N2O4/c1-24-16-8-6-15(7-9-16)21-12-14(11-18(21)22)20-19(23)13-4-3-5-17(10-13)25-2/h3-10,14H,11-12H2,1-2H3,(H,20,23)/t14-/m1/s1. The molecule has 0 spiro atoms. The van der Waals surface area contributed by atoms with E-state index in [0.29, 0.717) is 17.9 Å². The fourth-order valence-electron chi connectivity index (χ4n) is 2.85. The average Bonchev–Trinajstić information content (AvgIpc) is 3.02. The van der Waals surface area contributed by atoms with Crippen LogP contribution in [0.15, 0.2) is 48.5 Å². The molecule has 1 aliphatic rings. The van der Waals surface area contributed by atoms with Gasteiger partial charge in [-0.2, -0.15) is 0 Å². The highest BCUT2D eigenvalue weighted by atomic mass is 16.5. The van der Waals surface area contributed by atoms with Crippen LogP contribution in [0.2, 0.25) is 0 Å². The van der Waals surface area contributed by atoms with E-state index in [0.717, 1.165) is 11.4 Å². The number of carbonyl (C=O) groups excluding carboxylic acids is 2. The number of ether oxygens (including phenoxy) is 2. The van der Waals surface area contributed by atoms with Crippen LogP contribution in [-0.4, -0.2) is 38.6 Å². The summed E-state index contributed by atoms with van der Waals surface area (Å²) in [6, 6.07) is 14.0. The van der Waals surface area contributed by atoms with E-state index in [1.54, 1.807) is 43.4 Å². The molecular weight excluding hydrogens is 320 g/mol. The number of nitrogens with one attached hydrogen (secondary N) is 1. The molecule has 0 aromatic heterocycles. The fraction of sp³-hybridized carbons (Fsp3) is 0.263. The first kappa shape index (κ1) is 16.8. The second-order valence-electron chi connectivity index (χ2n) is 5.81. The summed E-state index contributed by atoms with van der Waals surface area (Å²) in [7, 11) is 3.15. The fourth-order valence-corrected chi connectivity index (χ4v) is 2.85. The minimum absolute atomic E-state index is 0.0129. The van der Waals surface area contributed by atoms with Crippen molar-refractivity contribution in [1.82, 2.24) is 5.32 Å². The van der Waals surface area contributed by atoms with E-state index in [1.807, 2.05) is 24.3 Å². The van der Waals surface area contributed by atoms with Crippen molar-refractivity contribution >= 4 is 17.5 Å². The van der Waals surface area contributed by atoms with Crippen LogP contribution < -0.4 is 19.7 Å². The summed E-state index contributed by atoms with van der Waals surface area (Å²) in [5.74, 6) is 1.13. The predicted octanol–water partition coefficient (Wildman–Crippen LogP) is 2.24. The molecule has 0 saturated carbocycles. The number of nitrogens with zero attached hydrogens (tertiary/aromatic N) is 1. The Morgan fingerprint density at radius 1 is 1.08 bits per heavy atom. The molecule has 6 heteroatoms. The van der Waals surface area contributed by atoms with Gasteiger partial charge in [0, 0.05) is 24.2 Å². The zero-order chi connectivity index (χ0) is 17.8. The first-order chi connectivity index (χ1) is 12.1. The number of anilines is 1. The number of hydrogen-bond donors (Lipinski definition) is 1. The summed E-state index contributed by atoms with van der Waals surface area (Å²) in [6.45, 7) is 0.445. The van der Waals surface area contributed by atoms with E-state index in [9.17, 15) is 9.59 Å². The largest absolute Gasteiger partial charge is 0.497 e. The van der Waals surface area contributed by atoms with Crippen LogP contribution in [0.3, 0.4) is 0 Å². The normalized spacial score (nSPS) is 16.6. The Morgan fingerprint density at radius 3 is 2.48 bits per heavy atom. The number of carbonyl (C=O) groups is 2. The van der Waals surface area contributed by atoms with Gasteiger partial charge in [0.1, 0.15) is 11.5 Å². The van der Waals surface area contributed by atoms with Gasteiger partial charge >= 0.3 is 0 Å². The molecule has 1 fully saturated rings. The molecule has 0 radical (unpaired) electrons. The van der Waals surface area contributed by atoms with Gasteiger partial charge in [0.25, 0.3) is 5.91 Å². The maximum Gasteiger partial charge on any atom is 0.251 e. The van der Waals surface area contributed by atoms with Gasteiger partial charge in [0.2, 0.25) is 5.91 Å². The molecule has 25 heavy (non-hydrogen) atoms. The van der Waals surface area contributed by atoms with Crippen LogP contribution in [0, 0.1) is 0 Å². The summed E-state index contributed by atoms with van der Waals surface area (Å²) in [5.41, 5.74) is 1.30. The molecule has 0 bridgehead atoms. The van der Waals surface area contributed by atoms with Gasteiger partial charge in [-0.05, 0) is 42.5 Å². The Morgan fingerprint density at radius 2 is 1.80 bits per heavy atom. The third-order valence-corrected chi connectivity index (χ3v) is 4.18. The van der Waals surface area contributed by atoms with Gasteiger partial charge in [0.05, 0.1) is 20.3 Å². The first-order valence-electron chi connectivity index (χ1n) is 8.00. The van der Waals surface area contributed by atoms with Crippen molar-refractivity contribution in [2.24, 2.45) is 0 Å². The van der Waals surface area contributed by atoms with E-state index in [-0.39, 0.29) is 24.3 Å². The summed E-state index contributed by atoms with van der Waals surface area (Å²) < 4.78 is 10.3. The Bertz CT molecular complexity index is 773.